The third-order valence-corrected chi connectivity index (χ3v) is 7.21. The lowest BCUT2D eigenvalue weighted by molar-refractivity contribution is -0.153. The first-order valence-electron chi connectivity index (χ1n) is 13.3. The number of carbonyl (C=O) groups excluding carboxylic acids is 4. The van der Waals surface area contributed by atoms with Gasteiger partial charge in [0.05, 0.1) is 13.2 Å². The Morgan fingerprint density at radius 2 is 1.61 bits per heavy atom. The van der Waals surface area contributed by atoms with Crippen LogP contribution in [-0.2, 0) is 23.9 Å². The molecule has 2 rings (SSSR count). The van der Waals surface area contributed by atoms with Crippen molar-refractivity contribution in [2.45, 2.75) is 105 Å². The SMILES string of the molecule is COC(=O)C(O)C(CC1CC1)NC(=O)[C@@H]1[C@@H](CC(C)C)CCN1C(=O)[C@@H](NC(=O)C(C)C)C(C)(C)C. The smallest absolute Gasteiger partial charge is 0.336 e. The highest BCUT2D eigenvalue weighted by Gasteiger charge is 2.47. The number of methoxy groups -OCH3 is 1. The Kier molecular flexibility index (Phi) is 10.3. The third kappa shape index (κ3) is 7.92. The maximum Gasteiger partial charge on any atom is 0.336 e. The molecule has 0 aromatic rings. The van der Waals surface area contributed by atoms with Gasteiger partial charge in [-0.15, -0.1) is 0 Å². The molecule has 1 aliphatic heterocycles. The normalized spacial score (nSPS) is 22.8. The Morgan fingerprint density at radius 1 is 1.00 bits per heavy atom. The highest BCUT2D eigenvalue weighted by molar-refractivity contribution is 5.93. The monoisotopic (exact) mass is 509 g/mol. The molecule has 0 bridgehead atoms. The predicted molar refractivity (Wildman–Crippen MR) is 137 cm³/mol. The van der Waals surface area contributed by atoms with Crippen LogP contribution in [0.15, 0.2) is 0 Å². The molecule has 2 unspecified atom stereocenters. The van der Waals surface area contributed by atoms with Crippen molar-refractivity contribution >= 4 is 23.7 Å². The molecule has 0 radical (unpaired) electrons. The third-order valence-electron chi connectivity index (χ3n) is 7.21. The van der Waals surface area contributed by atoms with Crippen molar-refractivity contribution in [3.05, 3.63) is 0 Å². The van der Waals surface area contributed by atoms with E-state index in [9.17, 15) is 24.3 Å². The summed E-state index contributed by atoms with van der Waals surface area (Å²) in [6.45, 7) is 13.8. The van der Waals surface area contributed by atoms with E-state index in [0.29, 0.717) is 31.2 Å². The van der Waals surface area contributed by atoms with Gasteiger partial charge in [0.1, 0.15) is 12.1 Å². The second kappa shape index (κ2) is 12.4. The number of nitrogens with one attached hydrogen (secondary N) is 2. The van der Waals surface area contributed by atoms with E-state index in [4.69, 9.17) is 4.74 Å². The Morgan fingerprint density at radius 3 is 2.08 bits per heavy atom. The molecule has 2 aliphatic rings. The van der Waals surface area contributed by atoms with Crippen LogP contribution in [-0.4, -0.2) is 71.6 Å². The number of esters is 1. The first kappa shape index (κ1) is 30.1. The van der Waals surface area contributed by atoms with Crippen molar-refractivity contribution in [3.8, 4) is 0 Å². The number of hydrogen-bond donors (Lipinski definition) is 3. The van der Waals surface area contributed by atoms with Gasteiger partial charge in [-0.2, -0.15) is 0 Å². The van der Waals surface area contributed by atoms with Crippen molar-refractivity contribution in [1.82, 2.24) is 15.5 Å². The largest absolute Gasteiger partial charge is 0.467 e. The zero-order chi connectivity index (χ0) is 27.4. The summed E-state index contributed by atoms with van der Waals surface area (Å²) >= 11 is 0. The van der Waals surface area contributed by atoms with Crippen molar-refractivity contribution in [2.24, 2.45) is 29.1 Å². The first-order valence-corrected chi connectivity index (χ1v) is 13.3. The van der Waals surface area contributed by atoms with E-state index in [1.807, 2.05) is 20.8 Å². The minimum Gasteiger partial charge on any atom is -0.467 e. The van der Waals surface area contributed by atoms with Crippen LogP contribution in [0.5, 0.6) is 0 Å². The molecule has 9 heteroatoms. The van der Waals surface area contributed by atoms with Crippen LogP contribution in [0, 0.1) is 29.1 Å². The van der Waals surface area contributed by atoms with Gasteiger partial charge in [-0.05, 0) is 42.4 Å². The highest BCUT2D eigenvalue weighted by Crippen LogP contribution is 2.36. The summed E-state index contributed by atoms with van der Waals surface area (Å²) in [6.07, 6.45) is 2.42. The van der Waals surface area contributed by atoms with E-state index < -0.39 is 35.6 Å². The van der Waals surface area contributed by atoms with Crippen molar-refractivity contribution < 1.29 is 29.0 Å². The topological polar surface area (TPSA) is 125 Å². The van der Waals surface area contributed by atoms with Gasteiger partial charge in [-0.3, -0.25) is 14.4 Å². The summed E-state index contributed by atoms with van der Waals surface area (Å²) in [5.74, 6) is -1.33. The number of aliphatic hydroxyl groups excluding tert-OH is 1. The van der Waals surface area contributed by atoms with Gasteiger partial charge in [0, 0.05) is 12.5 Å². The van der Waals surface area contributed by atoms with E-state index >= 15 is 0 Å². The number of hydrogen-bond acceptors (Lipinski definition) is 6. The molecule has 0 aromatic heterocycles. The predicted octanol–water partition coefficient (Wildman–Crippen LogP) is 2.26. The summed E-state index contributed by atoms with van der Waals surface area (Å²) < 4.78 is 4.72. The fourth-order valence-electron chi connectivity index (χ4n) is 4.97. The molecule has 3 amide bonds. The molecule has 3 N–H and O–H groups in total. The zero-order valence-corrected chi connectivity index (χ0v) is 23.3. The van der Waals surface area contributed by atoms with Crippen molar-refractivity contribution in [2.75, 3.05) is 13.7 Å². The van der Waals surface area contributed by atoms with Crippen LogP contribution in [0.4, 0.5) is 0 Å². The van der Waals surface area contributed by atoms with E-state index in [-0.39, 0.29) is 29.6 Å². The van der Waals surface area contributed by atoms with Crippen molar-refractivity contribution in [1.29, 1.82) is 0 Å². The number of likely N-dealkylation sites (tertiary alicyclic amines) is 1. The van der Waals surface area contributed by atoms with Gasteiger partial charge < -0.3 is 25.4 Å². The molecular formula is C27H47N3O6. The number of amides is 3. The summed E-state index contributed by atoms with van der Waals surface area (Å²) in [6, 6.07) is -2.32. The van der Waals surface area contributed by atoms with E-state index in [0.717, 1.165) is 19.3 Å². The molecule has 2 fully saturated rings. The molecule has 1 aliphatic carbocycles. The number of ether oxygens (including phenoxy) is 1. The summed E-state index contributed by atoms with van der Waals surface area (Å²) in [5, 5.41) is 16.4. The molecule has 206 valence electrons. The van der Waals surface area contributed by atoms with Crippen LogP contribution < -0.4 is 10.6 Å². The lowest BCUT2D eigenvalue weighted by Gasteiger charge is -2.37. The maximum atomic E-state index is 13.9. The van der Waals surface area contributed by atoms with Crippen LogP contribution >= 0.6 is 0 Å². The number of aliphatic hydroxyl groups is 1. The standard InChI is InChI=1S/C27H47N3O6/c1-15(2)13-18-11-12-30(25(34)22(27(5,6)7)29-23(32)16(3)4)20(18)24(33)28-19(14-17-9-10-17)21(31)26(35)36-8/h15-22,31H,9-14H2,1-8H3,(H,28,33)(H,29,32)/t18-,19?,20+,21?,22-/m1/s1. The second-order valence-electron chi connectivity index (χ2n) is 12.4. The lowest BCUT2D eigenvalue weighted by Crippen LogP contribution is -2.60. The van der Waals surface area contributed by atoms with Gasteiger partial charge in [0.2, 0.25) is 17.7 Å². The maximum absolute atomic E-state index is 13.9. The molecule has 5 atom stereocenters. The van der Waals surface area contributed by atoms with Crippen LogP contribution in [0.3, 0.4) is 0 Å². The molecule has 0 spiro atoms. The molecule has 0 aromatic carbocycles. The van der Waals surface area contributed by atoms with Crippen LogP contribution in [0.1, 0.15) is 80.6 Å². The Bertz CT molecular complexity index is 802. The van der Waals surface area contributed by atoms with Crippen molar-refractivity contribution in [3.63, 3.8) is 0 Å². The minimum absolute atomic E-state index is 0.0628. The lowest BCUT2D eigenvalue weighted by atomic mass is 9.84. The second-order valence-corrected chi connectivity index (χ2v) is 12.4. The van der Waals surface area contributed by atoms with Crippen LogP contribution in [0.25, 0.3) is 0 Å². The minimum atomic E-state index is -1.47. The molecular weight excluding hydrogens is 462 g/mol. The summed E-state index contributed by atoms with van der Waals surface area (Å²) in [4.78, 5) is 53.8. The number of carbonyl (C=O) groups is 4. The van der Waals surface area contributed by atoms with E-state index in [1.54, 1.807) is 18.7 Å². The average Bonchev–Trinajstić information content (AvgIpc) is 3.50. The summed E-state index contributed by atoms with van der Waals surface area (Å²) in [5.41, 5.74) is -0.561. The Labute approximate surface area is 216 Å². The molecule has 36 heavy (non-hydrogen) atoms. The molecule has 1 saturated carbocycles. The fraction of sp³-hybridized carbons (Fsp3) is 0.852. The Balaban J connectivity index is 2.33. The van der Waals surface area contributed by atoms with E-state index in [2.05, 4.69) is 24.5 Å². The highest BCUT2D eigenvalue weighted by atomic mass is 16.5. The van der Waals surface area contributed by atoms with Gasteiger partial charge in [0.15, 0.2) is 6.10 Å². The first-order chi connectivity index (χ1) is 16.7. The van der Waals surface area contributed by atoms with E-state index in [1.165, 1.54) is 7.11 Å². The van der Waals surface area contributed by atoms with Gasteiger partial charge in [-0.1, -0.05) is 61.3 Å². The van der Waals surface area contributed by atoms with Crippen LogP contribution in [0.2, 0.25) is 0 Å². The van der Waals surface area contributed by atoms with Gasteiger partial charge in [0.25, 0.3) is 0 Å². The average molecular weight is 510 g/mol. The molecule has 1 heterocycles. The summed E-state index contributed by atoms with van der Waals surface area (Å²) in [7, 11) is 1.20. The Hall–Kier alpha value is -2.16. The van der Waals surface area contributed by atoms with Gasteiger partial charge in [-0.25, -0.2) is 4.79 Å². The number of nitrogens with zero attached hydrogens (tertiary/aromatic N) is 1. The zero-order valence-electron chi connectivity index (χ0n) is 23.3. The molecule has 1 saturated heterocycles. The van der Waals surface area contributed by atoms with Gasteiger partial charge >= 0.3 is 5.97 Å². The quantitative estimate of drug-likeness (QED) is 0.367. The fourth-order valence-corrected chi connectivity index (χ4v) is 4.97. The number of rotatable bonds is 11. The molecule has 9 nitrogen and oxygen atoms in total.